The lowest BCUT2D eigenvalue weighted by Crippen LogP contribution is -2.04. The second-order valence-corrected chi connectivity index (χ2v) is 5.76. The Morgan fingerprint density at radius 3 is 2.50 bits per heavy atom. The van der Waals surface area contributed by atoms with Gasteiger partial charge in [-0.2, -0.15) is 5.26 Å². The minimum absolute atomic E-state index is 0.0147. The zero-order valence-electron chi connectivity index (χ0n) is 12.0. The SMILES string of the molecule is COc1ccccc1C1C(C#N)C1C(=O)c1ccc(Cl)cc1. The first-order chi connectivity index (χ1) is 10.7. The maximum Gasteiger partial charge on any atom is 0.167 e. The largest absolute Gasteiger partial charge is 0.496 e. The molecule has 0 aliphatic heterocycles. The molecule has 110 valence electrons. The molecule has 2 aromatic carbocycles. The normalized spacial score (nSPS) is 22.7. The van der Waals surface area contributed by atoms with E-state index in [1.807, 2.05) is 24.3 Å². The molecule has 0 amide bonds. The first-order valence-electron chi connectivity index (χ1n) is 6.99. The van der Waals surface area contributed by atoms with Crippen molar-refractivity contribution in [2.45, 2.75) is 5.92 Å². The summed E-state index contributed by atoms with van der Waals surface area (Å²) >= 11 is 5.85. The molecular weight excluding hydrogens is 298 g/mol. The Labute approximate surface area is 134 Å². The number of carbonyl (C=O) groups excluding carboxylic acids is 1. The Morgan fingerprint density at radius 1 is 1.18 bits per heavy atom. The maximum atomic E-state index is 12.6. The van der Waals surface area contributed by atoms with E-state index in [1.165, 1.54) is 0 Å². The van der Waals surface area contributed by atoms with Crippen LogP contribution < -0.4 is 4.74 Å². The van der Waals surface area contributed by atoms with Crippen molar-refractivity contribution >= 4 is 17.4 Å². The molecule has 0 heterocycles. The molecule has 1 aliphatic rings. The number of hydrogen-bond acceptors (Lipinski definition) is 3. The minimum atomic E-state index is -0.317. The standard InChI is InChI=1S/C18H14ClNO2/c1-22-15-5-3-2-4-13(15)16-14(10-20)17(16)18(21)11-6-8-12(19)9-7-11/h2-9,14,16-17H,1H3. The number of benzene rings is 2. The molecule has 22 heavy (non-hydrogen) atoms. The first kappa shape index (κ1) is 14.6. The summed E-state index contributed by atoms with van der Waals surface area (Å²) in [6, 6.07) is 16.6. The van der Waals surface area contributed by atoms with Crippen molar-refractivity contribution in [3.05, 3.63) is 64.7 Å². The molecule has 3 rings (SSSR count). The zero-order valence-corrected chi connectivity index (χ0v) is 12.7. The van der Waals surface area contributed by atoms with Crippen molar-refractivity contribution in [3.63, 3.8) is 0 Å². The van der Waals surface area contributed by atoms with Gasteiger partial charge in [0.25, 0.3) is 0 Å². The van der Waals surface area contributed by atoms with Gasteiger partial charge in [-0.15, -0.1) is 0 Å². The lowest BCUT2D eigenvalue weighted by Gasteiger charge is -2.07. The van der Waals surface area contributed by atoms with Crippen LogP contribution in [-0.4, -0.2) is 12.9 Å². The lowest BCUT2D eigenvalue weighted by molar-refractivity contribution is 0.0962. The molecule has 2 aromatic rings. The predicted octanol–water partition coefficient (Wildman–Crippen LogP) is 4.08. The highest BCUT2D eigenvalue weighted by atomic mass is 35.5. The maximum absolute atomic E-state index is 12.6. The Bertz CT molecular complexity index is 748. The molecule has 1 aliphatic carbocycles. The Morgan fingerprint density at radius 2 is 1.86 bits per heavy atom. The van der Waals surface area contributed by atoms with Gasteiger partial charge in [0.2, 0.25) is 0 Å². The average molecular weight is 312 g/mol. The van der Waals surface area contributed by atoms with Crippen LogP contribution in [0, 0.1) is 23.2 Å². The quantitative estimate of drug-likeness (QED) is 0.799. The number of nitriles is 1. The molecule has 1 saturated carbocycles. The smallest absolute Gasteiger partial charge is 0.167 e. The number of ether oxygens (including phenoxy) is 1. The third-order valence-corrected chi connectivity index (χ3v) is 4.35. The van der Waals surface area contributed by atoms with Crippen LogP contribution >= 0.6 is 11.6 Å². The summed E-state index contributed by atoms with van der Waals surface area (Å²) in [5.41, 5.74) is 1.51. The number of rotatable bonds is 4. The summed E-state index contributed by atoms with van der Waals surface area (Å²) in [6.07, 6.45) is 0. The molecule has 3 nitrogen and oxygen atoms in total. The van der Waals surface area contributed by atoms with E-state index < -0.39 is 0 Å². The summed E-state index contributed by atoms with van der Waals surface area (Å²) in [5, 5.41) is 9.94. The fourth-order valence-electron chi connectivity index (χ4n) is 2.93. The number of ketones is 1. The van der Waals surface area contributed by atoms with Crippen LogP contribution in [0.25, 0.3) is 0 Å². The summed E-state index contributed by atoms with van der Waals surface area (Å²) < 4.78 is 5.35. The summed E-state index contributed by atoms with van der Waals surface area (Å²) in [5.74, 6) is -0.0236. The van der Waals surface area contributed by atoms with Crippen LogP contribution in [0.15, 0.2) is 48.5 Å². The van der Waals surface area contributed by atoms with Gasteiger partial charge in [0, 0.05) is 22.4 Å². The van der Waals surface area contributed by atoms with Crippen LogP contribution in [-0.2, 0) is 0 Å². The predicted molar refractivity (Wildman–Crippen MR) is 84.1 cm³/mol. The summed E-state index contributed by atoms with van der Waals surface area (Å²) in [4.78, 5) is 12.6. The molecule has 3 unspecified atom stereocenters. The van der Waals surface area contributed by atoms with Crippen LogP contribution in [0.1, 0.15) is 21.8 Å². The number of para-hydroxylation sites is 1. The van der Waals surface area contributed by atoms with E-state index >= 15 is 0 Å². The number of hydrogen-bond donors (Lipinski definition) is 0. The minimum Gasteiger partial charge on any atom is -0.496 e. The molecule has 0 N–H and O–H groups in total. The zero-order chi connectivity index (χ0) is 15.7. The van der Waals surface area contributed by atoms with Gasteiger partial charge in [-0.05, 0) is 35.9 Å². The van der Waals surface area contributed by atoms with Crippen molar-refractivity contribution < 1.29 is 9.53 Å². The van der Waals surface area contributed by atoms with E-state index in [4.69, 9.17) is 16.3 Å². The molecule has 0 saturated heterocycles. The molecule has 0 spiro atoms. The van der Waals surface area contributed by atoms with Crippen molar-refractivity contribution in [2.75, 3.05) is 7.11 Å². The van der Waals surface area contributed by atoms with E-state index in [2.05, 4.69) is 6.07 Å². The molecule has 0 aromatic heterocycles. The van der Waals surface area contributed by atoms with Crippen molar-refractivity contribution in [1.29, 1.82) is 5.26 Å². The molecule has 4 heteroatoms. The van der Waals surface area contributed by atoms with Gasteiger partial charge < -0.3 is 4.74 Å². The topological polar surface area (TPSA) is 50.1 Å². The second-order valence-electron chi connectivity index (χ2n) is 5.32. The molecule has 0 bridgehead atoms. The van der Waals surface area contributed by atoms with Crippen molar-refractivity contribution in [2.24, 2.45) is 11.8 Å². The third kappa shape index (κ3) is 2.47. The van der Waals surface area contributed by atoms with Gasteiger partial charge in [-0.3, -0.25) is 4.79 Å². The Hall–Kier alpha value is -2.31. The summed E-state index contributed by atoms with van der Waals surface area (Å²) in [7, 11) is 1.60. The van der Waals surface area contributed by atoms with E-state index in [0.717, 1.165) is 11.3 Å². The molecule has 0 radical (unpaired) electrons. The van der Waals surface area contributed by atoms with E-state index in [1.54, 1.807) is 31.4 Å². The number of nitrogens with zero attached hydrogens (tertiary/aromatic N) is 1. The van der Waals surface area contributed by atoms with E-state index in [9.17, 15) is 10.1 Å². The fourth-order valence-corrected chi connectivity index (χ4v) is 3.06. The molecular formula is C18H14ClNO2. The van der Waals surface area contributed by atoms with Gasteiger partial charge in [-0.25, -0.2) is 0 Å². The fraction of sp³-hybridized carbons (Fsp3) is 0.222. The van der Waals surface area contributed by atoms with Gasteiger partial charge in [0.15, 0.2) is 5.78 Å². The van der Waals surface area contributed by atoms with Gasteiger partial charge in [-0.1, -0.05) is 29.8 Å². The second kappa shape index (κ2) is 5.82. The number of halogens is 1. The monoisotopic (exact) mass is 311 g/mol. The number of carbonyl (C=O) groups is 1. The Balaban J connectivity index is 1.90. The summed E-state index contributed by atoms with van der Waals surface area (Å²) in [6.45, 7) is 0. The Kier molecular flexibility index (Phi) is 3.87. The highest BCUT2D eigenvalue weighted by Crippen LogP contribution is 2.57. The number of methoxy groups -OCH3 is 1. The van der Waals surface area contributed by atoms with Gasteiger partial charge >= 0.3 is 0 Å². The molecule has 3 atom stereocenters. The highest BCUT2D eigenvalue weighted by Gasteiger charge is 2.56. The van der Waals surface area contributed by atoms with Crippen molar-refractivity contribution in [1.82, 2.24) is 0 Å². The van der Waals surface area contributed by atoms with Crippen LogP contribution in [0.5, 0.6) is 5.75 Å². The third-order valence-electron chi connectivity index (χ3n) is 4.10. The highest BCUT2D eigenvalue weighted by molar-refractivity contribution is 6.30. The number of Topliss-reactive ketones (excluding diaryl/α,β-unsaturated/α-hetero) is 1. The van der Waals surface area contributed by atoms with Gasteiger partial charge in [0.05, 0.1) is 19.1 Å². The van der Waals surface area contributed by atoms with Crippen LogP contribution in [0.4, 0.5) is 0 Å². The lowest BCUT2D eigenvalue weighted by atomic mass is 10.0. The van der Waals surface area contributed by atoms with E-state index in [-0.39, 0.29) is 23.5 Å². The van der Waals surface area contributed by atoms with Crippen LogP contribution in [0.2, 0.25) is 5.02 Å². The van der Waals surface area contributed by atoms with Crippen molar-refractivity contribution in [3.8, 4) is 11.8 Å². The first-order valence-corrected chi connectivity index (χ1v) is 7.37. The average Bonchev–Trinajstić information content (AvgIpc) is 3.29. The van der Waals surface area contributed by atoms with Crippen LogP contribution in [0.3, 0.4) is 0 Å². The van der Waals surface area contributed by atoms with Gasteiger partial charge in [0.1, 0.15) is 5.75 Å². The molecule has 1 fully saturated rings. The van der Waals surface area contributed by atoms with E-state index in [0.29, 0.717) is 10.6 Å².